The number of likely N-dealkylation sites (N-methyl/N-ethyl adjacent to an activating group) is 1. The van der Waals surface area contributed by atoms with Crippen molar-refractivity contribution in [2.45, 2.75) is 25.8 Å². The first-order chi connectivity index (χ1) is 8.40. The van der Waals surface area contributed by atoms with E-state index in [9.17, 15) is 18.4 Å². The van der Waals surface area contributed by atoms with Crippen molar-refractivity contribution >= 4 is 12.0 Å². The Bertz CT molecular complexity index is 277. The molecule has 0 aromatic rings. The Morgan fingerprint density at radius 3 is 2.50 bits per heavy atom. The zero-order valence-corrected chi connectivity index (χ0v) is 10.4. The zero-order chi connectivity index (χ0) is 14.1. The highest BCUT2D eigenvalue weighted by atomic mass is 19.3. The van der Waals surface area contributed by atoms with Crippen LogP contribution in [0.5, 0.6) is 0 Å². The normalized spacial score (nSPS) is 12.3. The number of nitrogens with zero attached hydrogens (tertiary/aromatic N) is 1. The molecule has 2 N–H and O–H groups in total. The molecule has 0 fully saturated rings. The largest absolute Gasteiger partial charge is 0.480 e. The standard InChI is InChI=1S/C10H18F2N2O4/c1-3-7(9(15)16)14(2)10(17)13-4-5-18-6-8(11)12/h7-8H,3-6H2,1-2H3,(H,13,17)(H,15,16). The van der Waals surface area contributed by atoms with Crippen LogP contribution in [0, 0.1) is 0 Å². The van der Waals surface area contributed by atoms with E-state index >= 15 is 0 Å². The van der Waals surface area contributed by atoms with Crippen molar-refractivity contribution in [3.05, 3.63) is 0 Å². The van der Waals surface area contributed by atoms with E-state index in [1.807, 2.05) is 0 Å². The van der Waals surface area contributed by atoms with E-state index in [4.69, 9.17) is 5.11 Å². The van der Waals surface area contributed by atoms with E-state index < -0.39 is 31.1 Å². The minimum atomic E-state index is -2.54. The second-order valence-corrected chi connectivity index (χ2v) is 3.57. The van der Waals surface area contributed by atoms with Crippen LogP contribution in [0.1, 0.15) is 13.3 Å². The number of aliphatic carboxylic acids is 1. The van der Waals surface area contributed by atoms with Gasteiger partial charge in [0.05, 0.1) is 6.61 Å². The number of carbonyl (C=O) groups excluding carboxylic acids is 1. The fourth-order valence-corrected chi connectivity index (χ4v) is 1.28. The molecule has 0 rings (SSSR count). The first-order valence-corrected chi connectivity index (χ1v) is 5.49. The average Bonchev–Trinajstić information content (AvgIpc) is 2.28. The molecule has 0 aromatic carbocycles. The van der Waals surface area contributed by atoms with E-state index in [-0.39, 0.29) is 19.6 Å². The molecule has 2 amide bonds. The first-order valence-electron chi connectivity index (χ1n) is 5.49. The van der Waals surface area contributed by atoms with E-state index in [2.05, 4.69) is 10.1 Å². The monoisotopic (exact) mass is 268 g/mol. The molecule has 106 valence electrons. The van der Waals surface area contributed by atoms with Crippen LogP contribution in [0.4, 0.5) is 13.6 Å². The fraction of sp³-hybridized carbons (Fsp3) is 0.800. The van der Waals surface area contributed by atoms with Gasteiger partial charge in [-0.15, -0.1) is 0 Å². The molecule has 0 aliphatic heterocycles. The maximum Gasteiger partial charge on any atom is 0.326 e. The number of carboxylic acid groups (broad SMARTS) is 1. The Labute approximate surface area is 104 Å². The predicted octanol–water partition coefficient (Wildman–Crippen LogP) is 0.773. The van der Waals surface area contributed by atoms with Crippen LogP contribution in [0.25, 0.3) is 0 Å². The van der Waals surface area contributed by atoms with E-state index in [1.165, 1.54) is 7.05 Å². The molecular weight excluding hydrogens is 250 g/mol. The van der Waals surface area contributed by atoms with Crippen LogP contribution in [0.3, 0.4) is 0 Å². The predicted molar refractivity (Wildman–Crippen MR) is 59.7 cm³/mol. The molecule has 0 spiro atoms. The maximum absolute atomic E-state index is 11.7. The number of rotatable bonds is 8. The number of urea groups is 1. The number of carbonyl (C=O) groups is 2. The van der Waals surface area contributed by atoms with E-state index in [0.29, 0.717) is 0 Å². The zero-order valence-electron chi connectivity index (χ0n) is 10.4. The summed E-state index contributed by atoms with van der Waals surface area (Å²) >= 11 is 0. The minimum Gasteiger partial charge on any atom is -0.480 e. The third-order valence-electron chi connectivity index (χ3n) is 2.23. The van der Waals surface area contributed by atoms with Crippen LogP contribution in [-0.2, 0) is 9.53 Å². The Morgan fingerprint density at radius 2 is 2.06 bits per heavy atom. The van der Waals surface area contributed by atoms with Gasteiger partial charge in [-0.1, -0.05) is 6.92 Å². The quantitative estimate of drug-likeness (QED) is 0.637. The summed E-state index contributed by atoms with van der Waals surface area (Å²) in [5.41, 5.74) is 0. The van der Waals surface area contributed by atoms with Crippen molar-refractivity contribution in [3.8, 4) is 0 Å². The highest BCUT2D eigenvalue weighted by molar-refractivity contribution is 5.82. The second kappa shape index (κ2) is 8.62. The highest BCUT2D eigenvalue weighted by Gasteiger charge is 2.24. The molecular formula is C10H18F2N2O4. The number of carboxylic acids is 1. The third kappa shape index (κ3) is 6.33. The van der Waals surface area contributed by atoms with Gasteiger partial charge in [-0.3, -0.25) is 0 Å². The van der Waals surface area contributed by atoms with E-state index in [1.54, 1.807) is 6.92 Å². The SMILES string of the molecule is CCC(C(=O)O)N(C)C(=O)NCCOCC(F)F. The van der Waals surface area contributed by atoms with Gasteiger partial charge in [0.25, 0.3) is 6.43 Å². The molecule has 0 saturated carbocycles. The van der Waals surface area contributed by atoms with Gasteiger partial charge in [-0.05, 0) is 6.42 Å². The van der Waals surface area contributed by atoms with Gasteiger partial charge in [-0.2, -0.15) is 0 Å². The maximum atomic E-state index is 11.7. The smallest absolute Gasteiger partial charge is 0.326 e. The van der Waals surface area contributed by atoms with Crippen LogP contribution in [0.15, 0.2) is 0 Å². The van der Waals surface area contributed by atoms with Gasteiger partial charge in [0.1, 0.15) is 12.6 Å². The lowest BCUT2D eigenvalue weighted by molar-refractivity contribution is -0.141. The van der Waals surface area contributed by atoms with Crippen molar-refractivity contribution < 1.29 is 28.2 Å². The molecule has 0 bridgehead atoms. The average molecular weight is 268 g/mol. The summed E-state index contributed by atoms with van der Waals surface area (Å²) in [6.45, 7) is 0.965. The molecule has 0 aromatic heterocycles. The Morgan fingerprint density at radius 1 is 1.44 bits per heavy atom. The summed E-state index contributed by atoms with van der Waals surface area (Å²) in [4.78, 5) is 23.3. The summed E-state index contributed by atoms with van der Waals surface area (Å²) in [5, 5.41) is 11.2. The van der Waals surface area contributed by atoms with E-state index in [0.717, 1.165) is 4.90 Å². The van der Waals surface area contributed by atoms with Gasteiger partial charge < -0.3 is 20.1 Å². The molecule has 0 aliphatic carbocycles. The molecule has 0 aliphatic rings. The third-order valence-corrected chi connectivity index (χ3v) is 2.23. The Kier molecular flexibility index (Phi) is 7.93. The highest BCUT2D eigenvalue weighted by Crippen LogP contribution is 2.01. The van der Waals surface area contributed by atoms with Gasteiger partial charge >= 0.3 is 12.0 Å². The van der Waals surface area contributed by atoms with Gasteiger partial charge in [0.2, 0.25) is 0 Å². The summed E-state index contributed by atoms with van der Waals surface area (Å²) < 4.78 is 28.0. The number of amides is 2. The van der Waals surface area contributed by atoms with Gasteiger partial charge in [0, 0.05) is 13.6 Å². The number of hydrogen-bond acceptors (Lipinski definition) is 3. The first kappa shape index (κ1) is 16.6. The molecule has 0 heterocycles. The second-order valence-electron chi connectivity index (χ2n) is 3.57. The Hall–Kier alpha value is -1.44. The van der Waals surface area contributed by atoms with Crippen LogP contribution < -0.4 is 5.32 Å². The van der Waals surface area contributed by atoms with Crippen LogP contribution in [0.2, 0.25) is 0 Å². The summed E-state index contributed by atoms with van der Waals surface area (Å²) in [6.07, 6.45) is -2.26. The fourth-order valence-electron chi connectivity index (χ4n) is 1.28. The molecule has 8 heteroatoms. The molecule has 1 unspecified atom stereocenters. The molecule has 18 heavy (non-hydrogen) atoms. The molecule has 0 radical (unpaired) electrons. The molecule has 0 saturated heterocycles. The number of ether oxygens (including phenoxy) is 1. The van der Waals surface area contributed by atoms with Crippen molar-refractivity contribution in [2.75, 3.05) is 26.8 Å². The van der Waals surface area contributed by atoms with Crippen LogP contribution >= 0.6 is 0 Å². The molecule has 1 atom stereocenters. The molecule has 6 nitrogen and oxygen atoms in total. The number of hydrogen-bond donors (Lipinski definition) is 2. The lowest BCUT2D eigenvalue weighted by Gasteiger charge is -2.23. The topological polar surface area (TPSA) is 78.9 Å². The summed E-state index contributed by atoms with van der Waals surface area (Å²) in [5.74, 6) is -1.09. The number of alkyl halides is 2. The van der Waals surface area contributed by atoms with Crippen molar-refractivity contribution in [2.24, 2.45) is 0 Å². The lowest BCUT2D eigenvalue weighted by atomic mass is 10.2. The minimum absolute atomic E-state index is 0.0476. The van der Waals surface area contributed by atoms with Crippen molar-refractivity contribution in [1.29, 1.82) is 0 Å². The van der Waals surface area contributed by atoms with Crippen LogP contribution in [-0.4, -0.2) is 61.3 Å². The van der Waals surface area contributed by atoms with Crippen molar-refractivity contribution in [3.63, 3.8) is 0 Å². The van der Waals surface area contributed by atoms with Gasteiger partial charge in [-0.25, -0.2) is 18.4 Å². The lowest BCUT2D eigenvalue weighted by Crippen LogP contribution is -2.47. The van der Waals surface area contributed by atoms with Crippen molar-refractivity contribution in [1.82, 2.24) is 10.2 Å². The number of halogens is 2. The Balaban J connectivity index is 3.90. The summed E-state index contributed by atoms with van der Waals surface area (Å²) in [6, 6.07) is -1.49. The summed E-state index contributed by atoms with van der Waals surface area (Å²) in [7, 11) is 1.36. The number of nitrogens with one attached hydrogen (secondary N) is 1. The van der Waals surface area contributed by atoms with Gasteiger partial charge in [0.15, 0.2) is 0 Å².